The molecule has 0 spiro atoms. The van der Waals surface area contributed by atoms with Gasteiger partial charge in [0.25, 0.3) is 11.8 Å². The quantitative estimate of drug-likeness (QED) is 0.161. The van der Waals surface area contributed by atoms with Gasteiger partial charge in [-0.25, -0.2) is 4.79 Å². The van der Waals surface area contributed by atoms with Crippen molar-refractivity contribution in [2.75, 3.05) is 13.1 Å². The Labute approximate surface area is 353 Å². The Morgan fingerprint density at radius 2 is 1.13 bits per heavy atom. The number of nitrogens with zero attached hydrogens (tertiary/aromatic N) is 4. The van der Waals surface area contributed by atoms with Gasteiger partial charge in [0.05, 0.1) is 11.5 Å². The molecule has 2 aromatic heterocycles. The van der Waals surface area contributed by atoms with Crippen molar-refractivity contribution in [3.05, 3.63) is 107 Å². The minimum atomic E-state index is -0.920. The van der Waals surface area contributed by atoms with Crippen molar-refractivity contribution >= 4 is 45.6 Å². The summed E-state index contributed by atoms with van der Waals surface area (Å²) in [6.07, 6.45) is 10.6. The summed E-state index contributed by atoms with van der Waals surface area (Å²) in [6.45, 7) is 18.3. The first-order valence-electron chi connectivity index (χ1n) is 21.5. The molecule has 2 amide bonds. The largest absolute Gasteiger partial charge is 0.481 e. The minimum Gasteiger partial charge on any atom is -0.481 e. The van der Waals surface area contributed by atoms with Gasteiger partial charge in [-0.1, -0.05) is 60.6 Å². The molecule has 4 fully saturated rings. The Balaban J connectivity index is 0.000000168. The summed E-state index contributed by atoms with van der Waals surface area (Å²) >= 11 is 0. The number of benzene rings is 3. The Morgan fingerprint density at radius 1 is 0.633 bits per heavy atom. The first-order chi connectivity index (χ1) is 28.2. The number of likely N-dealkylation sites (tertiary alicyclic amines) is 2. The summed E-state index contributed by atoms with van der Waals surface area (Å²) in [7, 11) is 0. The van der Waals surface area contributed by atoms with Crippen molar-refractivity contribution in [2.24, 2.45) is 27.6 Å². The third kappa shape index (κ3) is 8.22. The summed E-state index contributed by atoms with van der Waals surface area (Å²) in [5.41, 5.74) is 5.72. The first-order valence-corrected chi connectivity index (χ1v) is 21.5. The predicted octanol–water partition coefficient (Wildman–Crippen LogP) is 9.83. The van der Waals surface area contributed by atoms with Crippen molar-refractivity contribution in [1.82, 2.24) is 18.9 Å². The smallest absolute Gasteiger partial charge is 0.335 e. The first kappa shape index (κ1) is 41.4. The van der Waals surface area contributed by atoms with Crippen LogP contribution in [0.3, 0.4) is 0 Å². The van der Waals surface area contributed by atoms with Crippen LogP contribution < -0.4 is 0 Å². The number of carboxylic acid groups (broad SMARTS) is 2. The van der Waals surface area contributed by atoms with Crippen molar-refractivity contribution in [2.45, 2.75) is 112 Å². The molecule has 5 atom stereocenters. The Bertz CT molecular complexity index is 2510. The third-order valence-corrected chi connectivity index (χ3v) is 13.8. The number of carboxylic acids is 2. The summed E-state index contributed by atoms with van der Waals surface area (Å²) in [5, 5.41) is 20.4. The van der Waals surface area contributed by atoms with Crippen molar-refractivity contribution in [1.29, 1.82) is 0 Å². The van der Waals surface area contributed by atoms with Crippen LogP contribution in [0.2, 0.25) is 0 Å². The molecule has 3 aromatic carbocycles. The van der Waals surface area contributed by atoms with Crippen LogP contribution in [0.4, 0.5) is 0 Å². The zero-order valence-corrected chi connectivity index (χ0v) is 36.2. The molecule has 10 heteroatoms. The second kappa shape index (κ2) is 15.0. The molecule has 2 N–H and O–H groups in total. The van der Waals surface area contributed by atoms with E-state index >= 15 is 0 Å². The molecule has 60 heavy (non-hydrogen) atoms. The van der Waals surface area contributed by atoms with Crippen LogP contribution in [0.1, 0.15) is 124 Å². The fraction of sp³-hybridized carbons (Fsp3) is 0.480. The number of aromatic carboxylic acids is 1. The van der Waals surface area contributed by atoms with Crippen LogP contribution >= 0.6 is 0 Å². The average molecular weight is 813 g/mol. The topological polar surface area (TPSA) is 125 Å². The highest BCUT2D eigenvalue weighted by Crippen LogP contribution is 2.54. The Hall–Kier alpha value is -5.38. The van der Waals surface area contributed by atoms with Gasteiger partial charge in [-0.15, -0.1) is 0 Å². The Morgan fingerprint density at radius 3 is 1.63 bits per heavy atom. The molecule has 2 aliphatic heterocycles. The molecule has 4 heterocycles. The van der Waals surface area contributed by atoms with Gasteiger partial charge in [-0.05, 0) is 126 Å². The van der Waals surface area contributed by atoms with Crippen molar-refractivity contribution in [3.63, 3.8) is 0 Å². The number of amides is 2. The molecule has 0 radical (unpaired) electrons. The van der Waals surface area contributed by atoms with Gasteiger partial charge in [-0.3, -0.25) is 14.4 Å². The lowest BCUT2D eigenvalue weighted by Crippen LogP contribution is -2.37. The number of carbonyl (C=O) groups excluding carboxylic acids is 2. The number of aliphatic carboxylic acids is 1. The van der Waals surface area contributed by atoms with E-state index in [0.29, 0.717) is 30.7 Å². The maximum Gasteiger partial charge on any atom is 0.335 e. The van der Waals surface area contributed by atoms with Gasteiger partial charge in [-0.2, -0.15) is 0 Å². The average Bonchev–Trinajstić information content (AvgIpc) is 3.90. The van der Waals surface area contributed by atoms with E-state index in [-0.39, 0.29) is 33.5 Å². The van der Waals surface area contributed by atoms with Crippen LogP contribution in [-0.4, -0.2) is 78.1 Å². The summed E-state index contributed by atoms with van der Waals surface area (Å²) < 4.78 is 4.05. The maximum atomic E-state index is 13.4. The highest BCUT2D eigenvalue weighted by molar-refractivity contribution is 5.99. The van der Waals surface area contributed by atoms with Gasteiger partial charge >= 0.3 is 11.9 Å². The Kier molecular flexibility index (Phi) is 10.3. The molecular formula is C50H60N4O6. The predicted molar refractivity (Wildman–Crippen MR) is 234 cm³/mol. The molecule has 5 aromatic rings. The number of hydrogen-bond donors (Lipinski definition) is 2. The van der Waals surface area contributed by atoms with E-state index in [2.05, 4.69) is 55.9 Å². The zero-order chi connectivity index (χ0) is 42.9. The second-order valence-corrected chi connectivity index (χ2v) is 21.0. The van der Waals surface area contributed by atoms with Gasteiger partial charge in [0, 0.05) is 83.6 Å². The number of aromatic nitrogens is 2. The monoisotopic (exact) mass is 812 g/mol. The van der Waals surface area contributed by atoms with Crippen LogP contribution in [0, 0.1) is 27.6 Å². The molecule has 5 unspecified atom stereocenters. The zero-order valence-electron chi connectivity index (χ0n) is 36.2. The third-order valence-electron chi connectivity index (χ3n) is 13.8. The molecule has 2 saturated heterocycles. The minimum absolute atomic E-state index is 0.125. The lowest BCUT2D eigenvalue weighted by Gasteiger charge is -2.39. The number of carbonyl (C=O) groups is 4. The van der Waals surface area contributed by atoms with Gasteiger partial charge in [0.15, 0.2) is 0 Å². The lowest BCUT2D eigenvalue weighted by atomic mass is 9.65. The molecule has 2 aliphatic carbocycles. The summed E-state index contributed by atoms with van der Waals surface area (Å²) in [4.78, 5) is 53.4. The fourth-order valence-electron chi connectivity index (χ4n) is 12.1. The van der Waals surface area contributed by atoms with Gasteiger partial charge < -0.3 is 29.1 Å². The van der Waals surface area contributed by atoms with Gasteiger partial charge in [0.2, 0.25) is 0 Å². The van der Waals surface area contributed by atoms with Crippen molar-refractivity contribution < 1.29 is 29.4 Å². The molecule has 9 rings (SSSR count). The fourth-order valence-corrected chi connectivity index (χ4v) is 12.1. The van der Waals surface area contributed by atoms with E-state index < -0.39 is 17.9 Å². The van der Waals surface area contributed by atoms with E-state index in [4.69, 9.17) is 5.11 Å². The number of fused-ring (bicyclic) bond motifs is 6. The number of hydrogen-bond acceptors (Lipinski definition) is 4. The highest BCUT2D eigenvalue weighted by atomic mass is 16.4. The van der Waals surface area contributed by atoms with Crippen molar-refractivity contribution in [3.8, 4) is 0 Å². The maximum absolute atomic E-state index is 13.4. The SMILES string of the molecule is CC(Cn1ccc2cc(C(=O)N3CC4(C)CC3CC(C)(C)C4)ccc21)C(=O)O.CC1(C)CC2CC(C)(CN2C(=O)c2ccc3c(ccn3Cc3cccc(C(=O)O)c3)c2)C1. The molecule has 316 valence electrons. The lowest BCUT2D eigenvalue weighted by molar-refractivity contribution is -0.141. The van der Waals surface area contributed by atoms with Crippen LogP contribution in [-0.2, 0) is 17.9 Å². The van der Waals surface area contributed by atoms with E-state index in [1.165, 1.54) is 12.8 Å². The highest BCUT2D eigenvalue weighted by Gasteiger charge is 2.52. The summed E-state index contributed by atoms with van der Waals surface area (Å²) in [6, 6.07) is 23.4. The molecule has 10 nitrogen and oxygen atoms in total. The number of rotatable bonds is 8. The van der Waals surface area contributed by atoms with E-state index in [0.717, 1.165) is 77.3 Å². The van der Waals surface area contributed by atoms with Crippen LogP contribution in [0.5, 0.6) is 0 Å². The molecule has 2 saturated carbocycles. The van der Waals surface area contributed by atoms with E-state index in [1.54, 1.807) is 25.1 Å². The normalized spacial score (nSPS) is 25.5. The molecular weight excluding hydrogens is 753 g/mol. The summed E-state index contributed by atoms with van der Waals surface area (Å²) in [5.74, 6) is -1.91. The molecule has 4 aliphatic rings. The van der Waals surface area contributed by atoms with E-state index in [9.17, 15) is 24.3 Å². The van der Waals surface area contributed by atoms with Gasteiger partial charge in [0.1, 0.15) is 0 Å². The second-order valence-electron chi connectivity index (χ2n) is 21.0. The van der Waals surface area contributed by atoms with Crippen LogP contribution in [0.25, 0.3) is 21.8 Å². The molecule has 4 bridgehead atoms. The van der Waals surface area contributed by atoms with E-state index in [1.807, 2.05) is 71.6 Å². The standard InChI is InChI=1S/C27H30N2O3.C23H30N2O3/c1-26(2)13-22-14-27(3,16-26)17-29(22)24(30)20-7-8-23-19(12-20)9-10-28(23)15-18-5-4-6-21(11-18)25(31)32;1-15(21(27)28)12-24-8-7-16-9-17(5-6-19(16)24)20(26)25-14-23(4)11-18(25)10-22(2,3)13-23/h4-12,22H,13-17H2,1-3H3,(H,31,32);5-9,15,18H,10-14H2,1-4H3,(H,27,28). The van der Waals surface area contributed by atoms with Crippen LogP contribution in [0.15, 0.2) is 85.2 Å².